The third-order valence-corrected chi connectivity index (χ3v) is 9.05. The molecule has 284 valence electrons. The molecule has 0 radical (unpaired) electrons. The van der Waals surface area contributed by atoms with Gasteiger partial charge in [-0.15, -0.1) is 0 Å². The zero-order chi connectivity index (χ0) is 35.2. The lowest BCUT2D eigenvalue weighted by molar-refractivity contribution is -0.150. The minimum Gasteiger partial charge on any atom is -0.462 e. The van der Waals surface area contributed by atoms with Crippen molar-refractivity contribution in [3.63, 3.8) is 0 Å². The molecule has 0 saturated heterocycles. The summed E-state index contributed by atoms with van der Waals surface area (Å²) >= 11 is 0. The number of nitrogens with zero attached hydrogens (tertiary/aromatic N) is 1. The van der Waals surface area contributed by atoms with Gasteiger partial charge in [-0.05, 0) is 96.6 Å². The second kappa shape index (κ2) is 38.2. The van der Waals surface area contributed by atoms with Crippen LogP contribution in [0.3, 0.4) is 0 Å². The second-order valence-electron chi connectivity index (χ2n) is 13.7. The lowest BCUT2D eigenvalue weighted by Crippen LogP contribution is -2.29. The quantitative estimate of drug-likeness (QED) is 0.0397. The van der Waals surface area contributed by atoms with Gasteiger partial charge in [0.25, 0.3) is 0 Å². The molecule has 0 spiro atoms. The van der Waals surface area contributed by atoms with E-state index >= 15 is 0 Å². The molecule has 0 aromatic heterocycles. The van der Waals surface area contributed by atoms with Crippen LogP contribution in [-0.2, 0) is 19.0 Å². The van der Waals surface area contributed by atoms with Crippen LogP contribution in [-0.4, -0.2) is 67.7 Å². The molecule has 7 heteroatoms. The number of hydrogen-bond donors (Lipinski definition) is 1. The van der Waals surface area contributed by atoms with Crippen LogP contribution in [0, 0.1) is 0 Å². The Kier molecular flexibility index (Phi) is 36.9. The highest BCUT2D eigenvalue weighted by Crippen LogP contribution is 2.18. The smallest absolute Gasteiger partial charge is 0.462 e. The molecular formula is C41H79NO6. The number of aliphatic hydroxyl groups excluding tert-OH is 1. The van der Waals surface area contributed by atoms with Crippen molar-refractivity contribution in [2.75, 3.05) is 39.5 Å². The van der Waals surface area contributed by atoms with E-state index in [-0.39, 0.29) is 18.7 Å². The highest BCUT2D eigenvalue weighted by molar-refractivity contribution is 5.69. The summed E-state index contributed by atoms with van der Waals surface area (Å²) in [7, 11) is 0. The van der Waals surface area contributed by atoms with Gasteiger partial charge >= 0.3 is 12.1 Å². The van der Waals surface area contributed by atoms with E-state index < -0.39 is 6.16 Å². The number of hydrogen-bond acceptors (Lipinski definition) is 7. The predicted octanol–water partition coefficient (Wildman–Crippen LogP) is 11.5. The van der Waals surface area contributed by atoms with E-state index in [1.165, 1.54) is 77.0 Å². The number of ether oxygens (including phenoxy) is 3. The Balaban J connectivity index is 4.00. The lowest BCUT2D eigenvalue weighted by Gasteiger charge is -2.21. The molecule has 0 aliphatic rings. The highest BCUT2D eigenvalue weighted by Gasteiger charge is 2.14. The van der Waals surface area contributed by atoms with Crippen LogP contribution in [0.5, 0.6) is 0 Å². The van der Waals surface area contributed by atoms with Gasteiger partial charge in [0.05, 0.1) is 19.8 Å². The van der Waals surface area contributed by atoms with E-state index in [0.717, 1.165) is 103 Å². The molecule has 0 aliphatic carbocycles. The molecule has 7 nitrogen and oxygen atoms in total. The van der Waals surface area contributed by atoms with Crippen LogP contribution < -0.4 is 0 Å². The Morgan fingerprint density at radius 1 is 0.583 bits per heavy atom. The summed E-state index contributed by atoms with van der Waals surface area (Å²) in [6.45, 7) is 10.1. The number of esters is 1. The predicted molar refractivity (Wildman–Crippen MR) is 202 cm³/mol. The summed E-state index contributed by atoms with van der Waals surface area (Å²) in [4.78, 5) is 26.7. The van der Waals surface area contributed by atoms with Gasteiger partial charge in [0.15, 0.2) is 0 Å². The first-order valence-electron chi connectivity index (χ1n) is 20.5. The molecule has 0 bridgehead atoms. The number of aliphatic hydroxyl groups is 1. The van der Waals surface area contributed by atoms with Gasteiger partial charge in [0.1, 0.15) is 6.10 Å². The first-order chi connectivity index (χ1) is 23.6. The lowest BCUT2D eigenvalue weighted by atomic mass is 10.0. The number of carbonyl (C=O) groups excluding carboxylic acids is 2. The topological polar surface area (TPSA) is 85.3 Å². The third kappa shape index (κ3) is 34.3. The zero-order valence-corrected chi connectivity index (χ0v) is 32.0. The van der Waals surface area contributed by atoms with Crippen LogP contribution in [0.15, 0.2) is 12.2 Å². The van der Waals surface area contributed by atoms with Crippen LogP contribution in [0.4, 0.5) is 4.79 Å². The van der Waals surface area contributed by atoms with E-state index in [0.29, 0.717) is 26.2 Å². The second-order valence-corrected chi connectivity index (χ2v) is 13.7. The molecule has 0 amide bonds. The fraction of sp³-hybridized carbons (Fsp3) is 0.902. The van der Waals surface area contributed by atoms with Crippen LogP contribution >= 0.6 is 0 Å². The number of carbonyl (C=O) groups is 2. The molecule has 48 heavy (non-hydrogen) atoms. The summed E-state index contributed by atoms with van der Waals surface area (Å²) in [6.07, 6.45) is 34.0. The van der Waals surface area contributed by atoms with Crippen molar-refractivity contribution < 1.29 is 28.9 Å². The van der Waals surface area contributed by atoms with Gasteiger partial charge in [-0.25, -0.2) is 4.79 Å². The molecule has 0 aromatic carbocycles. The average Bonchev–Trinajstić information content (AvgIpc) is 3.08. The molecule has 0 aromatic rings. The molecule has 0 unspecified atom stereocenters. The van der Waals surface area contributed by atoms with E-state index in [2.05, 4.69) is 37.8 Å². The van der Waals surface area contributed by atoms with Crippen molar-refractivity contribution >= 4 is 12.1 Å². The first kappa shape index (κ1) is 46.4. The van der Waals surface area contributed by atoms with Gasteiger partial charge in [0, 0.05) is 13.0 Å². The summed E-state index contributed by atoms with van der Waals surface area (Å²) in [6, 6.07) is 0. The normalized spacial score (nSPS) is 11.6. The Morgan fingerprint density at radius 2 is 1.08 bits per heavy atom. The Labute approximate surface area is 297 Å². The molecule has 0 saturated carbocycles. The van der Waals surface area contributed by atoms with Gasteiger partial charge in [0.2, 0.25) is 0 Å². The zero-order valence-electron chi connectivity index (χ0n) is 32.0. The minimum absolute atomic E-state index is 0.00522. The highest BCUT2D eigenvalue weighted by atomic mass is 16.7. The monoisotopic (exact) mass is 682 g/mol. The van der Waals surface area contributed by atoms with Crippen molar-refractivity contribution in [3.8, 4) is 0 Å². The van der Waals surface area contributed by atoms with Crippen molar-refractivity contribution in [1.82, 2.24) is 4.90 Å². The molecule has 1 N–H and O–H groups in total. The molecule has 0 aliphatic heterocycles. The molecular weight excluding hydrogens is 602 g/mol. The SMILES string of the molecule is CC/C=C\CCCCCOC(=O)OCCCCN(CCO)CCCCCCCC(=O)OC(CCCCCCCC)CCCCCCCC. The standard InChI is InChI=1S/C41H79NO6/c1-4-7-10-13-16-22-28-37-46-41(45)47-38-29-27-34-42(35-36-43)33-26-21-17-20-25-32-40(44)48-39(30-23-18-14-11-8-5-2)31-24-19-15-12-9-6-3/h7,10,39,43H,4-6,8-9,11-38H2,1-3H3/b10-7-. The van der Waals surface area contributed by atoms with E-state index in [9.17, 15) is 14.7 Å². The van der Waals surface area contributed by atoms with Crippen LogP contribution in [0.2, 0.25) is 0 Å². The fourth-order valence-corrected chi connectivity index (χ4v) is 6.04. The van der Waals surface area contributed by atoms with Crippen molar-refractivity contribution in [2.45, 2.75) is 200 Å². The van der Waals surface area contributed by atoms with E-state index in [4.69, 9.17) is 14.2 Å². The molecule has 0 rings (SSSR count). The molecule has 0 fully saturated rings. The van der Waals surface area contributed by atoms with Gasteiger partial charge in [-0.3, -0.25) is 4.79 Å². The van der Waals surface area contributed by atoms with Gasteiger partial charge in [-0.1, -0.05) is 116 Å². The summed E-state index contributed by atoms with van der Waals surface area (Å²) in [5, 5.41) is 9.48. The maximum atomic E-state index is 12.7. The fourth-order valence-electron chi connectivity index (χ4n) is 6.04. The summed E-state index contributed by atoms with van der Waals surface area (Å²) in [5.74, 6) is -0.00522. The number of rotatable bonds is 37. The van der Waals surface area contributed by atoms with E-state index in [1.54, 1.807) is 0 Å². The van der Waals surface area contributed by atoms with Gasteiger partial charge < -0.3 is 24.2 Å². The van der Waals surface area contributed by atoms with Crippen molar-refractivity contribution in [3.05, 3.63) is 12.2 Å². The molecule has 0 atom stereocenters. The Bertz CT molecular complexity index is 699. The average molecular weight is 682 g/mol. The van der Waals surface area contributed by atoms with Crippen LogP contribution in [0.25, 0.3) is 0 Å². The number of unbranched alkanes of at least 4 members (excludes halogenated alkanes) is 18. The summed E-state index contributed by atoms with van der Waals surface area (Å²) in [5.41, 5.74) is 0. The van der Waals surface area contributed by atoms with Crippen LogP contribution in [0.1, 0.15) is 194 Å². The van der Waals surface area contributed by atoms with Crippen molar-refractivity contribution in [2.24, 2.45) is 0 Å². The maximum absolute atomic E-state index is 12.7. The third-order valence-electron chi connectivity index (χ3n) is 9.05. The maximum Gasteiger partial charge on any atom is 0.508 e. The minimum atomic E-state index is -0.567. The van der Waals surface area contributed by atoms with Crippen molar-refractivity contribution in [1.29, 1.82) is 0 Å². The van der Waals surface area contributed by atoms with E-state index in [1.807, 2.05) is 0 Å². The molecule has 0 heterocycles. The largest absolute Gasteiger partial charge is 0.508 e. The number of allylic oxidation sites excluding steroid dienone is 2. The summed E-state index contributed by atoms with van der Waals surface area (Å²) < 4.78 is 16.4. The Morgan fingerprint density at radius 3 is 1.67 bits per heavy atom. The first-order valence-corrected chi connectivity index (χ1v) is 20.5. The Hall–Kier alpha value is -1.60. The van der Waals surface area contributed by atoms with Gasteiger partial charge in [-0.2, -0.15) is 0 Å².